The summed E-state index contributed by atoms with van der Waals surface area (Å²) >= 11 is 2.96. The van der Waals surface area contributed by atoms with Gasteiger partial charge in [-0.3, -0.25) is 4.79 Å². The average molecular weight is 280 g/mol. The van der Waals surface area contributed by atoms with Crippen LogP contribution in [0, 0.1) is 0 Å². The third kappa shape index (κ3) is 3.05. The van der Waals surface area contributed by atoms with E-state index in [0.717, 1.165) is 10.5 Å². The quantitative estimate of drug-likeness (QED) is 0.688. The Morgan fingerprint density at radius 1 is 1.33 bits per heavy atom. The molecular formula is C13H12O3S2. The smallest absolute Gasteiger partial charge is 0.323 e. The highest BCUT2D eigenvalue weighted by Gasteiger charge is 2.23. The van der Waals surface area contributed by atoms with Gasteiger partial charge < -0.3 is 9.84 Å². The van der Waals surface area contributed by atoms with E-state index >= 15 is 0 Å². The minimum atomic E-state index is -0.370. The number of phenols is 1. The van der Waals surface area contributed by atoms with Crippen molar-refractivity contribution in [3.63, 3.8) is 0 Å². The highest BCUT2D eigenvalue weighted by Crippen LogP contribution is 2.37. The SMILES string of the molecule is COC(=O)C(Sc1ccc(O)cc1)c1ccsc1. The maximum absolute atomic E-state index is 11.8. The summed E-state index contributed by atoms with van der Waals surface area (Å²) < 4.78 is 4.83. The fraction of sp³-hybridized carbons (Fsp3) is 0.154. The second kappa shape index (κ2) is 5.93. The lowest BCUT2D eigenvalue weighted by atomic mass is 10.2. The number of thiophene rings is 1. The fourth-order valence-electron chi connectivity index (χ4n) is 1.44. The van der Waals surface area contributed by atoms with E-state index < -0.39 is 0 Å². The van der Waals surface area contributed by atoms with Gasteiger partial charge in [0.05, 0.1) is 7.11 Å². The van der Waals surface area contributed by atoms with E-state index in [2.05, 4.69) is 0 Å². The number of aromatic hydroxyl groups is 1. The molecule has 18 heavy (non-hydrogen) atoms. The van der Waals surface area contributed by atoms with Gasteiger partial charge in [-0.1, -0.05) is 0 Å². The second-order valence-electron chi connectivity index (χ2n) is 3.57. The molecule has 0 radical (unpaired) electrons. The Hall–Kier alpha value is -1.46. The van der Waals surface area contributed by atoms with Crippen LogP contribution in [0.3, 0.4) is 0 Å². The van der Waals surface area contributed by atoms with Crippen molar-refractivity contribution in [2.24, 2.45) is 0 Å². The van der Waals surface area contributed by atoms with Crippen LogP contribution in [0.4, 0.5) is 0 Å². The Kier molecular flexibility index (Phi) is 4.28. The van der Waals surface area contributed by atoms with Crippen LogP contribution < -0.4 is 0 Å². The number of hydrogen-bond acceptors (Lipinski definition) is 5. The third-order valence-corrected chi connectivity index (χ3v) is 4.30. The van der Waals surface area contributed by atoms with E-state index in [1.54, 1.807) is 35.6 Å². The Morgan fingerprint density at radius 2 is 2.06 bits per heavy atom. The first-order valence-corrected chi connectivity index (χ1v) is 7.08. The molecule has 1 atom stereocenters. The van der Waals surface area contributed by atoms with Gasteiger partial charge in [-0.25, -0.2) is 0 Å². The lowest BCUT2D eigenvalue weighted by molar-refractivity contribution is -0.140. The molecule has 1 aromatic carbocycles. The van der Waals surface area contributed by atoms with Gasteiger partial charge in [0.1, 0.15) is 11.0 Å². The van der Waals surface area contributed by atoms with Gasteiger partial charge in [0, 0.05) is 4.90 Å². The number of ether oxygens (including phenoxy) is 1. The molecule has 3 nitrogen and oxygen atoms in total. The monoisotopic (exact) mass is 280 g/mol. The highest BCUT2D eigenvalue weighted by molar-refractivity contribution is 8.00. The van der Waals surface area contributed by atoms with Gasteiger partial charge in [-0.2, -0.15) is 11.3 Å². The molecular weight excluding hydrogens is 268 g/mol. The summed E-state index contributed by atoms with van der Waals surface area (Å²) in [5, 5.41) is 12.7. The van der Waals surface area contributed by atoms with E-state index in [1.807, 2.05) is 16.8 Å². The lowest BCUT2D eigenvalue weighted by Gasteiger charge is -2.13. The summed E-state index contributed by atoms with van der Waals surface area (Å²) in [4.78, 5) is 12.7. The number of carbonyl (C=O) groups is 1. The molecule has 1 unspecified atom stereocenters. The van der Waals surface area contributed by atoms with E-state index in [-0.39, 0.29) is 17.0 Å². The Balaban J connectivity index is 2.20. The number of esters is 1. The first kappa shape index (κ1) is 13.0. The molecule has 94 valence electrons. The molecule has 0 aliphatic carbocycles. The van der Waals surface area contributed by atoms with Crippen LogP contribution in [0.1, 0.15) is 10.8 Å². The number of rotatable bonds is 4. The predicted molar refractivity (Wildman–Crippen MR) is 73.0 cm³/mol. The van der Waals surface area contributed by atoms with E-state index in [1.165, 1.54) is 18.9 Å². The van der Waals surface area contributed by atoms with E-state index in [0.29, 0.717) is 0 Å². The zero-order valence-corrected chi connectivity index (χ0v) is 11.3. The molecule has 0 spiro atoms. The number of carbonyl (C=O) groups excluding carboxylic acids is 1. The molecule has 5 heteroatoms. The van der Waals surface area contributed by atoms with Crippen molar-refractivity contribution in [2.45, 2.75) is 10.1 Å². The minimum absolute atomic E-state index is 0.213. The summed E-state index contributed by atoms with van der Waals surface area (Å²) in [5.41, 5.74) is 0.935. The number of methoxy groups -OCH3 is 1. The molecule has 2 aromatic rings. The standard InChI is InChI=1S/C13H12O3S2/c1-16-13(15)12(9-6-7-17-8-9)18-11-4-2-10(14)3-5-11/h2-8,12,14H,1H3. The Bertz CT molecular complexity index is 506. The first-order chi connectivity index (χ1) is 8.70. The van der Waals surface area contributed by atoms with Crippen molar-refractivity contribution < 1.29 is 14.6 Å². The van der Waals surface area contributed by atoms with Crippen molar-refractivity contribution in [2.75, 3.05) is 7.11 Å². The van der Waals surface area contributed by atoms with Crippen LogP contribution in [0.25, 0.3) is 0 Å². The van der Waals surface area contributed by atoms with Gasteiger partial charge in [0.2, 0.25) is 0 Å². The van der Waals surface area contributed by atoms with Crippen molar-refractivity contribution in [3.05, 3.63) is 46.7 Å². The molecule has 0 fully saturated rings. The molecule has 2 rings (SSSR count). The average Bonchev–Trinajstić information content (AvgIpc) is 2.91. The maximum atomic E-state index is 11.8. The molecule has 0 bridgehead atoms. The van der Waals surface area contributed by atoms with Crippen LogP contribution in [0.5, 0.6) is 5.75 Å². The largest absolute Gasteiger partial charge is 0.508 e. The van der Waals surface area contributed by atoms with Gasteiger partial charge >= 0.3 is 5.97 Å². The topological polar surface area (TPSA) is 46.5 Å². The summed E-state index contributed by atoms with van der Waals surface area (Å²) in [7, 11) is 1.39. The Morgan fingerprint density at radius 3 is 2.61 bits per heavy atom. The van der Waals surface area contributed by atoms with Crippen LogP contribution in [0.15, 0.2) is 46.0 Å². The first-order valence-electron chi connectivity index (χ1n) is 5.26. The van der Waals surface area contributed by atoms with Crippen molar-refractivity contribution in [3.8, 4) is 5.75 Å². The molecule has 1 aromatic heterocycles. The maximum Gasteiger partial charge on any atom is 0.323 e. The van der Waals surface area contributed by atoms with Crippen molar-refractivity contribution >= 4 is 29.1 Å². The number of hydrogen-bond donors (Lipinski definition) is 1. The summed E-state index contributed by atoms with van der Waals surface area (Å²) in [6, 6.07) is 8.68. The van der Waals surface area contributed by atoms with Gasteiger partial charge in [0.25, 0.3) is 0 Å². The fourth-order valence-corrected chi connectivity index (χ4v) is 3.26. The van der Waals surface area contributed by atoms with Crippen LogP contribution >= 0.6 is 23.1 Å². The summed E-state index contributed by atoms with van der Waals surface area (Å²) in [6.45, 7) is 0. The lowest BCUT2D eigenvalue weighted by Crippen LogP contribution is -2.10. The third-order valence-electron chi connectivity index (χ3n) is 2.35. The number of phenolic OH excluding ortho intramolecular Hbond substituents is 1. The van der Waals surface area contributed by atoms with Gasteiger partial charge in [-0.15, -0.1) is 11.8 Å². The molecule has 0 saturated heterocycles. The minimum Gasteiger partial charge on any atom is -0.508 e. The van der Waals surface area contributed by atoms with Gasteiger partial charge in [0.15, 0.2) is 0 Å². The second-order valence-corrected chi connectivity index (χ2v) is 5.53. The molecule has 1 heterocycles. The zero-order chi connectivity index (χ0) is 13.0. The molecule has 0 amide bonds. The molecule has 0 aliphatic heterocycles. The predicted octanol–water partition coefficient (Wildman–Crippen LogP) is 3.46. The molecule has 0 aliphatic rings. The van der Waals surface area contributed by atoms with Crippen LogP contribution in [-0.2, 0) is 9.53 Å². The summed E-state index contributed by atoms with van der Waals surface area (Å²) in [6.07, 6.45) is 0. The van der Waals surface area contributed by atoms with E-state index in [9.17, 15) is 9.90 Å². The number of benzene rings is 1. The molecule has 0 saturated carbocycles. The van der Waals surface area contributed by atoms with E-state index in [4.69, 9.17) is 4.74 Å². The van der Waals surface area contributed by atoms with Gasteiger partial charge in [-0.05, 0) is 46.7 Å². The van der Waals surface area contributed by atoms with Crippen molar-refractivity contribution in [1.82, 2.24) is 0 Å². The zero-order valence-electron chi connectivity index (χ0n) is 9.70. The highest BCUT2D eigenvalue weighted by atomic mass is 32.2. The number of thioether (sulfide) groups is 1. The van der Waals surface area contributed by atoms with Crippen molar-refractivity contribution in [1.29, 1.82) is 0 Å². The molecule has 1 N–H and O–H groups in total. The van der Waals surface area contributed by atoms with Crippen LogP contribution in [0.2, 0.25) is 0 Å². The Labute approximate surface area is 113 Å². The van der Waals surface area contributed by atoms with Crippen LogP contribution in [-0.4, -0.2) is 18.2 Å². The normalized spacial score (nSPS) is 12.1. The summed E-state index contributed by atoms with van der Waals surface area (Å²) in [5.74, 6) is -0.0593.